The number of hydrogen-bond acceptors (Lipinski definition) is 7. The van der Waals surface area contributed by atoms with E-state index in [1.54, 1.807) is 54.7 Å². The number of amides is 1. The van der Waals surface area contributed by atoms with Gasteiger partial charge in [-0.25, -0.2) is 8.42 Å². The number of ether oxygens (including phenoxy) is 3. The van der Waals surface area contributed by atoms with Crippen LogP contribution in [0.25, 0.3) is 0 Å². The van der Waals surface area contributed by atoms with Gasteiger partial charge < -0.3 is 19.1 Å². The van der Waals surface area contributed by atoms with Gasteiger partial charge in [0, 0.05) is 43.4 Å². The number of benzene rings is 2. The monoisotopic (exact) mass is 498 g/mol. The van der Waals surface area contributed by atoms with Gasteiger partial charge in [-0.1, -0.05) is 12.1 Å². The van der Waals surface area contributed by atoms with E-state index in [9.17, 15) is 13.2 Å². The van der Waals surface area contributed by atoms with Gasteiger partial charge in [-0.3, -0.25) is 9.78 Å². The van der Waals surface area contributed by atoms with Crippen LogP contribution in [0.3, 0.4) is 0 Å². The second-order valence-electron chi connectivity index (χ2n) is 7.92. The molecule has 1 aromatic heterocycles. The fourth-order valence-electron chi connectivity index (χ4n) is 3.28. The average molecular weight is 499 g/mol. The minimum absolute atomic E-state index is 0.149. The van der Waals surface area contributed by atoms with E-state index in [-0.39, 0.29) is 10.8 Å². The van der Waals surface area contributed by atoms with Crippen LogP contribution in [-0.2, 0) is 16.4 Å². The van der Waals surface area contributed by atoms with Crippen LogP contribution in [0.1, 0.15) is 29.3 Å². The van der Waals surface area contributed by atoms with Crippen molar-refractivity contribution in [3.8, 4) is 17.2 Å². The van der Waals surface area contributed by atoms with Gasteiger partial charge in [-0.2, -0.15) is 0 Å². The molecule has 0 N–H and O–H groups in total. The van der Waals surface area contributed by atoms with Crippen molar-refractivity contribution in [2.24, 2.45) is 0 Å². The second-order valence-corrected chi connectivity index (χ2v) is 9.94. The van der Waals surface area contributed by atoms with Crippen molar-refractivity contribution in [3.05, 3.63) is 78.1 Å². The fraction of sp³-hybridized carbons (Fsp3) is 0.308. The molecule has 0 spiro atoms. The predicted molar refractivity (Wildman–Crippen MR) is 133 cm³/mol. The van der Waals surface area contributed by atoms with E-state index in [4.69, 9.17) is 14.2 Å². The Morgan fingerprint density at radius 1 is 1.00 bits per heavy atom. The zero-order valence-electron chi connectivity index (χ0n) is 20.1. The van der Waals surface area contributed by atoms with Crippen LogP contribution < -0.4 is 14.2 Å². The third-order valence-corrected chi connectivity index (χ3v) is 6.20. The number of rotatable bonds is 12. The Morgan fingerprint density at radius 3 is 2.54 bits per heavy atom. The lowest BCUT2D eigenvalue weighted by Gasteiger charge is -2.19. The molecule has 0 aliphatic rings. The first-order valence-electron chi connectivity index (χ1n) is 11.2. The van der Waals surface area contributed by atoms with Crippen molar-refractivity contribution >= 4 is 15.7 Å². The first kappa shape index (κ1) is 26.0. The molecule has 0 bridgehead atoms. The highest BCUT2D eigenvalue weighted by molar-refractivity contribution is 7.90. The minimum Gasteiger partial charge on any atom is -0.493 e. The van der Waals surface area contributed by atoms with E-state index in [2.05, 4.69) is 4.98 Å². The van der Waals surface area contributed by atoms with Gasteiger partial charge in [0.15, 0.2) is 21.3 Å². The van der Waals surface area contributed by atoms with Gasteiger partial charge in [0.1, 0.15) is 12.4 Å². The Balaban J connectivity index is 1.55. The molecule has 9 heteroatoms. The topological polar surface area (TPSA) is 95.0 Å². The molecule has 8 nitrogen and oxygen atoms in total. The van der Waals surface area contributed by atoms with Gasteiger partial charge in [0.2, 0.25) is 0 Å². The Labute approximate surface area is 206 Å². The zero-order chi connectivity index (χ0) is 25.3. The number of carbonyl (C=O) groups excluding carboxylic acids is 1. The molecule has 2 aromatic carbocycles. The highest BCUT2D eigenvalue weighted by Crippen LogP contribution is 2.29. The molecule has 0 saturated carbocycles. The summed E-state index contributed by atoms with van der Waals surface area (Å²) in [5, 5.41) is 0. The minimum atomic E-state index is -3.29. The van der Waals surface area contributed by atoms with Gasteiger partial charge in [0.25, 0.3) is 5.91 Å². The summed E-state index contributed by atoms with van der Waals surface area (Å²) in [5.74, 6) is 1.39. The quantitative estimate of drug-likeness (QED) is 0.348. The molecule has 0 saturated heterocycles. The standard InChI is InChI=1S/C26H30N2O6S/c1-4-32-25-16-21(11-12-24(25)34-19-20-8-6-13-27-18-20)26(29)28(2)14-7-15-33-22-9-5-10-23(17-22)35(3,30)31/h5-6,8-13,16-18H,4,7,14-15,19H2,1-3H3. The van der Waals surface area contributed by atoms with Crippen LogP contribution in [0.4, 0.5) is 0 Å². The van der Waals surface area contributed by atoms with E-state index in [1.807, 2.05) is 19.1 Å². The molecule has 1 amide bonds. The molecule has 0 aliphatic heterocycles. The Morgan fingerprint density at radius 2 is 1.83 bits per heavy atom. The molecular weight excluding hydrogens is 468 g/mol. The summed E-state index contributed by atoms with van der Waals surface area (Å²) in [7, 11) is -1.57. The first-order chi connectivity index (χ1) is 16.8. The lowest BCUT2D eigenvalue weighted by molar-refractivity contribution is 0.0787. The molecule has 186 valence electrons. The number of sulfone groups is 1. The number of hydrogen-bond donors (Lipinski definition) is 0. The van der Waals surface area contributed by atoms with Crippen molar-refractivity contribution in [3.63, 3.8) is 0 Å². The van der Waals surface area contributed by atoms with Gasteiger partial charge in [0.05, 0.1) is 18.1 Å². The van der Waals surface area contributed by atoms with E-state index in [0.29, 0.717) is 55.6 Å². The molecule has 0 radical (unpaired) electrons. The lowest BCUT2D eigenvalue weighted by atomic mass is 10.1. The van der Waals surface area contributed by atoms with Crippen molar-refractivity contribution in [1.82, 2.24) is 9.88 Å². The maximum Gasteiger partial charge on any atom is 0.253 e. The molecule has 3 rings (SSSR count). The molecule has 1 heterocycles. The summed E-state index contributed by atoms with van der Waals surface area (Å²) in [6.45, 7) is 3.46. The van der Waals surface area contributed by atoms with Crippen LogP contribution in [0, 0.1) is 0 Å². The Bertz CT molecular complexity index is 1230. The van der Waals surface area contributed by atoms with E-state index >= 15 is 0 Å². The lowest BCUT2D eigenvalue weighted by Crippen LogP contribution is -2.28. The van der Waals surface area contributed by atoms with Crippen LogP contribution in [0.5, 0.6) is 17.2 Å². The number of aromatic nitrogens is 1. The Hall–Kier alpha value is -3.59. The molecule has 0 atom stereocenters. The molecule has 0 fully saturated rings. The summed E-state index contributed by atoms with van der Waals surface area (Å²) in [6.07, 6.45) is 5.17. The maximum absolute atomic E-state index is 12.9. The van der Waals surface area contributed by atoms with Crippen molar-refractivity contribution in [1.29, 1.82) is 0 Å². The molecule has 35 heavy (non-hydrogen) atoms. The van der Waals surface area contributed by atoms with Gasteiger partial charge in [-0.05, 0) is 55.8 Å². The highest BCUT2D eigenvalue weighted by Gasteiger charge is 2.16. The van der Waals surface area contributed by atoms with Crippen LogP contribution in [0.2, 0.25) is 0 Å². The van der Waals surface area contributed by atoms with E-state index < -0.39 is 9.84 Å². The summed E-state index contributed by atoms with van der Waals surface area (Å²) in [5.41, 5.74) is 1.42. The number of carbonyl (C=O) groups is 1. The summed E-state index contributed by atoms with van der Waals surface area (Å²) in [6, 6.07) is 15.3. The number of pyridine rings is 1. The first-order valence-corrected chi connectivity index (χ1v) is 13.1. The largest absolute Gasteiger partial charge is 0.493 e. The van der Waals surface area contributed by atoms with E-state index in [1.165, 1.54) is 12.1 Å². The highest BCUT2D eigenvalue weighted by atomic mass is 32.2. The molecule has 3 aromatic rings. The summed E-state index contributed by atoms with van der Waals surface area (Å²) >= 11 is 0. The van der Waals surface area contributed by atoms with Crippen molar-refractivity contribution in [2.45, 2.75) is 24.8 Å². The zero-order valence-corrected chi connectivity index (χ0v) is 21.0. The van der Waals surface area contributed by atoms with Crippen molar-refractivity contribution < 1.29 is 27.4 Å². The van der Waals surface area contributed by atoms with Crippen molar-refractivity contribution in [2.75, 3.05) is 33.1 Å². The third kappa shape index (κ3) is 7.71. The van der Waals surface area contributed by atoms with Crippen LogP contribution >= 0.6 is 0 Å². The Kier molecular flexibility index (Phi) is 9.08. The second kappa shape index (κ2) is 12.2. The maximum atomic E-state index is 12.9. The number of nitrogens with zero attached hydrogens (tertiary/aromatic N) is 2. The van der Waals surface area contributed by atoms with Crippen LogP contribution in [-0.4, -0.2) is 57.3 Å². The molecular formula is C26H30N2O6S. The smallest absolute Gasteiger partial charge is 0.253 e. The molecule has 0 aliphatic carbocycles. The van der Waals surface area contributed by atoms with Gasteiger partial charge in [-0.15, -0.1) is 0 Å². The SMILES string of the molecule is CCOc1cc(C(=O)N(C)CCCOc2cccc(S(C)(=O)=O)c2)ccc1OCc1cccnc1. The van der Waals surface area contributed by atoms with Crippen LogP contribution in [0.15, 0.2) is 71.9 Å². The van der Waals surface area contributed by atoms with Gasteiger partial charge >= 0.3 is 0 Å². The summed E-state index contributed by atoms with van der Waals surface area (Å²) < 4.78 is 40.6. The van der Waals surface area contributed by atoms with E-state index in [0.717, 1.165) is 11.8 Å². The average Bonchev–Trinajstić information content (AvgIpc) is 2.85. The molecule has 0 unspecified atom stereocenters. The fourth-order valence-corrected chi connectivity index (χ4v) is 3.94. The normalized spacial score (nSPS) is 11.1. The predicted octanol–water partition coefficient (Wildman–Crippen LogP) is 4.00. The third-order valence-electron chi connectivity index (χ3n) is 5.09. The summed E-state index contributed by atoms with van der Waals surface area (Å²) in [4.78, 5) is 18.8.